The highest BCUT2D eigenvalue weighted by atomic mass is 16.5. The van der Waals surface area contributed by atoms with Crippen LogP contribution >= 0.6 is 0 Å². The van der Waals surface area contributed by atoms with Gasteiger partial charge >= 0.3 is 0 Å². The van der Waals surface area contributed by atoms with E-state index in [1.807, 2.05) is 35.6 Å². The van der Waals surface area contributed by atoms with Crippen molar-refractivity contribution in [1.82, 2.24) is 0 Å². The fourth-order valence-corrected chi connectivity index (χ4v) is 1.90. The molecule has 0 spiro atoms. The highest BCUT2D eigenvalue weighted by Gasteiger charge is 2.39. The number of aliphatic hydroxyl groups is 3. The molecule has 94 valence electrons. The average Bonchev–Trinajstić information content (AvgIpc) is 2.36. The van der Waals surface area contributed by atoms with Crippen LogP contribution in [-0.4, -0.2) is 46.5 Å². The third kappa shape index (κ3) is 3.02. The van der Waals surface area contributed by atoms with Crippen molar-refractivity contribution in [3.63, 3.8) is 0 Å². The van der Waals surface area contributed by atoms with Crippen molar-refractivity contribution in [2.75, 3.05) is 6.61 Å². The lowest BCUT2D eigenvalue weighted by Crippen LogP contribution is -2.93. The molecule has 5 N–H and O–H groups in total. The summed E-state index contributed by atoms with van der Waals surface area (Å²) < 4.78 is 5.28. The zero-order valence-electron chi connectivity index (χ0n) is 9.44. The normalized spacial score (nSPS) is 33.6. The molecule has 1 aromatic rings. The summed E-state index contributed by atoms with van der Waals surface area (Å²) in [6.45, 7) is 0.708. The monoisotopic (exact) mass is 240 g/mol. The van der Waals surface area contributed by atoms with Gasteiger partial charge in [-0.05, 0) is 0 Å². The van der Waals surface area contributed by atoms with Gasteiger partial charge in [-0.2, -0.15) is 0 Å². The smallest absolute Gasteiger partial charge is 0.219 e. The molecular formula is C12H18NO4+. The van der Waals surface area contributed by atoms with Crippen molar-refractivity contribution in [2.24, 2.45) is 0 Å². The Labute approximate surface area is 99.7 Å². The van der Waals surface area contributed by atoms with Crippen LogP contribution in [0.2, 0.25) is 0 Å². The summed E-state index contributed by atoms with van der Waals surface area (Å²) >= 11 is 0. The van der Waals surface area contributed by atoms with E-state index in [0.29, 0.717) is 6.54 Å². The Bertz CT molecular complexity index is 346. The number of benzene rings is 1. The molecule has 1 aliphatic rings. The van der Waals surface area contributed by atoms with Crippen LogP contribution < -0.4 is 5.32 Å². The molecule has 1 aromatic carbocycles. The Balaban J connectivity index is 1.87. The van der Waals surface area contributed by atoms with Crippen LogP contribution in [0.15, 0.2) is 30.3 Å². The molecule has 0 aromatic heterocycles. The summed E-state index contributed by atoms with van der Waals surface area (Å²) in [5.74, 6) is 0. The molecule has 0 radical (unpaired) electrons. The molecule has 2 rings (SSSR count). The van der Waals surface area contributed by atoms with Crippen molar-refractivity contribution in [2.45, 2.75) is 31.1 Å². The standard InChI is InChI=1S/C12H17NO4/c14-9-7-17-12(11(16)10(9)15)13-6-8-4-2-1-3-5-8/h1-5,9-16H,6-7H2/p+1/t9-,10-,11+,12+/m0/s1. The Hall–Kier alpha value is -0.980. The van der Waals surface area contributed by atoms with Crippen LogP contribution in [0, 0.1) is 0 Å². The van der Waals surface area contributed by atoms with E-state index in [4.69, 9.17) is 4.74 Å². The maximum atomic E-state index is 9.72. The Kier molecular flexibility index (Phi) is 4.09. The fraction of sp³-hybridized carbons (Fsp3) is 0.500. The Morgan fingerprint density at radius 3 is 2.53 bits per heavy atom. The van der Waals surface area contributed by atoms with Gasteiger partial charge in [-0.15, -0.1) is 0 Å². The third-order valence-corrected chi connectivity index (χ3v) is 2.97. The first-order valence-electron chi connectivity index (χ1n) is 5.71. The largest absolute Gasteiger partial charge is 0.388 e. The second-order valence-corrected chi connectivity index (χ2v) is 4.27. The molecule has 0 saturated carbocycles. The highest BCUT2D eigenvalue weighted by Crippen LogP contribution is 2.11. The molecule has 0 amide bonds. The summed E-state index contributed by atoms with van der Waals surface area (Å²) in [6, 6.07) is 9.80. The summed E-state index contributed by atoms with van der Waals surface area (Å²) in [7, 11) is 0. The van der Waals surface area contributed by atoms with E-state index in [9.17, 15) is 15.3 Å². The topological polar surface area (TPSA) is 86.5 Å². The van der Waals surface area contributed by atoms with E-state index in [0.717, 1.165) is 5.56 Å². The van der Waals surface area contributed by atoms with Crippen LogP contribution in [0.5, 0.6) is 0 Å². The zero-order valence-corrected chi connectivity index (χ0v) is 9.44. The number of rotatable bonds is 3. The van der Waals surface area contributed by atoms with Gasteiger partial charge in [0.1, 0.15) is 18.8 Å². The first kappa shape index (κ1) is 12.5. The summed E-state index contributed by atoms with van der Waals surface area (Å²) in [6.07, 6.45) is -3.75. The second kappa shape index (κ2) is 5.57. The van der Waals surface area contributed by atoms with Crippen LogP contribution in [0.25, 0.3) is 0 Å². The third-order valence-electron chi connectivity index (χ3n) is 2.97. The molecule has 5 nitrogen and oxygen atoms in total. The van der Waals surface area contributed by atoms with Crippen molar-refractivity contribution in [3.8, 4) is 0 Å². The molecule has 5 heteroatoms. The number of quaternary nitrogens is 1. The van der Waals surface area contributed by atoms with Gasteiger partial charge in [0.05, 0.1) is 6.61 Å². The van der Waals surface area contributed by atoms with E-state index in [1.54, 1.807) is 0 Å². The van der Waals surface area contributed by atoms with Gasteiger partial charge < -0.3 is 25.4 Å². The molecule has 0 unspecified atom stereocenters. The van der Waals surface area contributed by atoms with Gasteiger partial charge in [0, 0.05) is 5.56 Å². The van der Waals surface area contributed by atoms with Crippen LogP contribution in [0.1, 0.15) is 5.56 Å². The minimum atomic E-state index is -1.14. The predicted molar refractivity (Wildman–Crippen MR) is 59.8 cm³/mol. The SMILES string of the molecule is O[C@@H]1[C@@H](O)[C@@H](O)CO[C@H]1[NH2+]Cc1ccccc1. The van der Waals surface area contributed by atoms with E-state index < -0.39 is 24.5 Å². The summed E-state index contributed by atoms with van der Waals surface area (Å²) in [4.78, 5) is 0. The molecule has 0 aliphatic carbocycles. The van der Waals surface area contributed by atoms with Crippen LogP contribution in [0.3, 0.4) is 0 Å². The number of nitrogens with two attached hydrogens (primary N) is 1. The lowest BCUT2D eigenvalue weighted by atomic mass is 10.0. The van der Waals surface area contributed by atoms with Crippen molar-refractivity contribution in [1.29, 1.82) is 0 Å². The van der Waals surface area contributed by atoms with E-state index in [1.165, 1.54) is 0 Å². The molecular weight excluding hydrogens is 222 g/mol. The summed E-state index contributed by atoms with van der Waals surface area (Å²) in [5.41, 5.74) is 1.11. The number of aliphatic hydroxyl groups excluding tert-OH is 3. The minimum absolute atomic E-state index is 0.0498. The minimum Gasteiger partial charge on any atom is -0.388 e. The van der Waals surface area contributed by atoms with Gasteiger partial charge in [0.25, 0.3) is 0 Å². The molecule has 17 heavy (non-hydrogen) atoms. The van der Waals surface area contributed by atoms with Crippen molar-refractivity contribution >= 4 is 0 Å². The Morgan fingerprint density at radius 1 is 1.12 bits per heavy atom. The lowest BCUT2D eigenvalue weighted by molar-refractivity contribution is -0.753. The van der Waals surface area contributed by atoms with Gasteiger partial charge in [-0.1, -0.05) is 30.3 Å². The zero-order chi connectivity index (χ0) is 12.3. The number of ether oxygens (including phenoxy) is 1. The molecule has 1 aliphatic heterocycles. The molecule has 4 atom stereocenters. The maximum absolute atomic E-state index is 9.72. The van der Waals surface area contributed by atoms with Gasteiger partial charge in [0.15, 0.2) is 6.10 Å². The molecule has 0 bridgehead atoms. The fourth-order valence-electron chi connectivity index (χ4n) is 1.90. The van der Waals surface area contributed by atoms with E-state index in [2.05, 4.69) is 0 Å². The van der Waals surface area contributed by atoms with E-state index in [-0.39, 0.29) is 6.61 Å². The van der Waals surface area contributed by atoms with Crippen molar-refractivity contribution < 1.29 is 25.4 Å². The van der Waals surface area contributed by atoms with Gasteiger partial charge in [-0.25, -0.2) is 0 Å². The lowest BCUT2D eigenvalue weighted by Gasteiger charge is -2.33. The summed E-state index contributed by atoms with van der Waals surface area (Å²) in [5, 5.41) is 30.4. The maximum Gasteiger partial charge on any atom is 0.219 e. The van der Waals surface area contributed by atoms with Crippen LogP contribution in [-0.2, 0) is 11.3 Å². The van der Waals surface area contributed by atoms with E-state index >= 15 is 0 Å². The molecule has 1 fully saturated rings. The van der Waals surface area contributed by atoms with Gasteiger partial charge in [-0.3, -0.25) is 0 Å². The Morgan fingerprint density at radius 2 is 1.82 bits per heavy atom. The highest BCUT2D eigenvalue weighted by molar-refractivity contribution is 5.12. The van der Waals surface area contributed by atoms with Crippen LogP contribution in [0.4, 0.5) is 0 Å². The average molecular weight is 240 g/mol. The first-order chi connectivity index (χ1) is 8.18. The quantitative estimate of drug-likeness (QED) is 0.501. The second-order valence-electron chi connectivity index (χ2n) is 4.27. The molecule has 1 saturated heterocycles. The van der Waals surface area contributed by atoms with Gasteiger partial charge in [0.2, 0.25) is 6.23 Å². The number of hydrogen-bond donors (Lipinski definition) is 4. The van der Waals surface area contributed by atoms with Crippen molar-refractivity contribution in [3.05, 3.63) is 35.9 Å². The molecule has 1 heterocycles. The number of hydrogen-bond acceptors (Lipinski definition) is 4. The predicted octanol–water partition coefficient (Wildman–Crippen LogP) is -1.81. The first-order valence-corrected chi connectivity index (χ1v) is 5.71.